The highest BCUT2D eigenvalue weighted by atomic mass is 32.1. The van der Waals surface area contributed by atoms with Crippen molar-refractivity contribution >= 4 is 22.3 Å². The highest BCUT2D eigenvalue weighted by Crippen LogP contribution is 2.46. The van der Waals surface area contributed by atoms with Crippen molar-refractivity contribution in [1.82, 2.24) is 4.98 Å². The van der Waals surface area contributed by atoms with E-state index >= 15 is 0 Å². The number of hydrogen-bond donors (Lipinski definition) is 1. The number of carbonyl (C=O) groups is 1. The Kier molecular flexibility index (Phi) is 3.25. The molecule has 1 aromatic heterocycles. The topological polar surface area (TPSA) is 56.0 Å². The lowest BCUT2D eigenvalue weighted by atomic mass is 9.64. The van der Waals surface area contributed by atoms with E-state index < -0.39 is 0 Å². The van der Waals surface area contributed by atoms with Crippen molar-refractivity contribution in [3.05, 3.63) is 10.6 Å². The normalized spacial score (nSPS) is 25.7. The molecule has 2 N–H and O–H groups in total. The highest BCUT2D eigenvalue weighted by molar-refractivity contribution is 7.17. The Labute approximate surface area is 106 Å². The summed E-state index contributed by atoms with van der Waals surface area (Å²) in [5, 5.41) is 0.527. The Bertz CT molecular complexity index is 441. The average molecular weight is 252 g/mol. The number of Topliss-reactive ketones (excluding diaryl/α,β-unsaturated/α-hetero) is 1. The minimum absolute atomic E-state index is 0.0966. The molecule has 4 heteroatoms. The zero-order chi connectivity index (χ0) is 12.6. The van der Waals surface area contributed by atoms with Gasteiger partial charge in [-0.15, -0.1) is 0 Å². The molecular weight excluding hydrogens is 232 g/mol. The minimum Gasteiger partial charge on any atom is -0.375 e. The summed E-state index contributed by atoms with van der Waals surface area (Å²) in [5.41, 5.74) is 6.75. The zero-order valence-corrected chi connectivity index (χ0v) is 11.6. The molecule has 2 atom stereocenters. The molecule has 0 bridgehead atoms. The molecule has 3 nitrogen and oxygen atoms in total. The molecule has 0 aliphatic heterocycles. The van der Waals surface area contributed by atoms with Crippen LogP contribution in [0, 0.1) is 11.3 Å². The molecule has 2 rings (SSSR count). The first kappa shape index (κ1) is 12.6. The summed E-state index contributed by atoms with van der Waals surface area (Å²) in [6.07, 6.45) is 3.71. The first-order valence-corrected chi connectivity index (χ1v) is 7.12. The van der Waals surface area contributed by atoms with Gasteiger partial charge in [-0.05, 0) is 24.2 Å². The Morgan fingerprint density at radius 1 is 1.47 bits per heavy atom. The summed E-state index contributed by atoms with van der Waals surface area (Å²) >= 11 is 1.35. The number of nitrogen functional groups attached to an aromatic ring is 1. The van der Waals surface area contributed by atoms with E-state index in [0.717, 1.165) is 29.8 Å². The van der Waals surface area contributed by atoms with Crippen LogP contribution in [0.5, 0.6) is 0 Å². The maximum Gasteiger partial charge on any atom is 0.180 e. The van der Waals surface area contributed by atoms with Crippen molar-refractivity contribution in [1.29, 1.82) is 0 Å². The van der Waals surface area contributed by atoms with E-state index in [2.05, 4.69) is 25.8 Å². The van der Waals surface area contributed by atoms with E-state index in [9.17, 15) is 4.79 Å². The van der Waals surface area contributed by atoms with Gasteiger partial charge in [0, 0.05) is 6.42 Å². The van der Waals surface area contributed by atoms with Crippen molar-refractivity contribution < 1.29 is 4.79 Å². The fraction of sp³-hybridized carbons (Fsp3) is 0.692. The predicted octanol–water partition coefficient (Wildman–Crippen LogP) is 3.30. The van der Waals surface area contributed by atoms with Crippen LogP contribution in [0.3, 0.4) is 0 Å². The van der Waals surface area contributed by atoms with Crippen molar-refractivity contribution in [2.75, 3.05) is 5.73 Å². The summed E-state index contributed by atoms with van der Waals surface area (Å²) in [4.78, 5) is 17.3. The first-order valence-electron chi connectivity index (χ1n) is 6.30. The van der Waals surface area contributed by atoms with Gasteiger partial charge in [-0.1, -0.05) is 38.5 Å². The fourth-order valence-electron chi connectivity index (χ4n) is 2.88. The molecule has 2 unspecified atom stereocenters. The van der Waals surface area contributed by atoms with E-state index in [-0.39, 0.29) is 11.2 Å². The average Bonchev–Trinajstić information content (AvgIpc) is 2.68. The van der Waals surface area contributed by atoms with E-state index in [4.69, 9.17) is 5.73 Å². The Morgan fingerprint density at radius 3 is 2.76 bits per heavy atom. The first-order chi connectivity index (χ1) is 8.02. The number of thiazole rings is 1. The van der Waals surface area contributed by atoms with Crippen LogP contribution in [0.1, 0.15) is 55.4 Å². The lowest BCUT2D eigenvalue weighted by Crippen LogP contribution is -2.37. The van der Waals surface area contributed by atoms with Gasteiger partial charge in [-0.25, -0.2) is 4.98 Å². The monoisotopic (exact) mass is 252 g/mol. The Morgan fingerprint density at radius 2 is 2.18 bits per heavy atom. The number of hydrogen-bond acceptors (Lipinski definition) is 4. The third-order valence-corrected chi connectivity index (χ3v) is 5.33. The second kappa shape index (κ2) is 4.41. The maximum atomic E-state index is 12.2. The molecule has 0 aromatic carbocycles. The second-order valence-electron chi connectivity index (χ2n) is 5.13. The molecule has 94 valence electrons. The molecule has 1 aliphatic rings. The van der Waals surface area contributed by atoms with Crippen LogP contribution in [0.25, 0.3) is 0 Å². The van der Waals surface area contributed by atoms with Crippen LogP contribution in [0.2, 0.25) is 0 Å². The Balaban J connectivity index is 2.40. The van der Waals surface area contributed by atoms with E-state index in [1.165, 1.54) is 11.3 Å². The number of nitrogens with zero attached hydrogens (tertiary/aromatic N) is 1. The van der Waals surface area contributed by atoms with Gasteiger partial charge < -0.3 is 5.73 Å². The van der Waals surface area contributed by atoms with Crippen LogP contribution in [-0.2, 0) is 6.42 Å². The third kappa shape index (κ3) is 1.99. The number of aromatic nitrogens is 1. The van der Waals surface area contributed by atoms with Gasteiger partial charge in [-0.3, -0.25) is 4.79 Å². The lowest BCUT2D eigenvalue weighted by Gasteiger charge is -2.40. The number of ketones is 1. The number of fused-ring (bicyclic) bond motifs is 1. The van der Waals surface area contributed by atoms with Crippen molar-refractivity contribution in [3.63, 3.8) is 0 Å². The number of rotatable bonds is 3. The zero-order valence-electron chi connectivity index (χ0n) is 10.7. The van der Waals surface area contributed by atoms with Gasteiger partial charge >= 0.3 is 0 Å². The van der Waals surface area contributed by atoms with Crippen LogP contribution in [0.15, 0.2) is 0 Å². The van der Waals surface area contributed by atoms with Crippen LogP contribution >= 0.6 is 11.3 Å². The summed E-state index contributed by atoms with van der Waals surface area (Å²) < 4.78 is 0. The molecule has 1 heterocycles. The molecule has 0 radical (unpaired) electrons. The van der Waals surface area contributed by atoms with E-state index in [1.807, 2.05) is 0 Å². The largest absolute Gasteiger partial charge is 0.375 e. The van der Waals surface area contributed by atoms with Crippen LogP contribution in [0.4, 0.5) is 5.13 Å². The van der Waals surface area contributed by atoms with Gasteiger partial charge in [0.2, 0.25) is 0 Å². The molecule has 0 saturated carbocycles. The molecule has 0 fully saturated rings. The minimum atomic E-state index is 0.0966. The quantitative estimate of drug-likeness (QED) is 0.898. The van der Waals surface area contributed by atoms with Gasteiger partial charge in [-0.2, -0.15) is 0 Å². The van der Waals surface area contributed by atoms with Crippen molar-refractivity contribution in [2.24, 2.45) is 11.3 Å². The summed E-state index contributed by atoms with van der Waals surface area (Å²) in [7, 11) is 0. The predicted molar refractivity (Wildman–Crippen MR) is 71.4 cm³/mol. The Hall–Kier alpha value is -0.900. The summed E-state index contributed by atoms with van der Waals surface area (Å²) in [5.74, 6) is 0.787. The summed E-state index contributed by atoms with van der Waals surface area (Å²) in [6, 6.07) is 0. The number of carbonyl (C=O) groups excluding carboxylic acids is 1. The lowest BCUT2D eigenvalue weighted by molar-refractivity contribution is 0.0771. The number of nitrogens with two attached hydrogens (primary N) is 1. The molecule has 0 saturated heterocycles. The standard InChI is InChI=1S/C13H20N2OS/c1-4-8(3)13(5-2)6-9-11(10(16)7-13)17-12(14)15-9/h8H,4-7H2,1-3H3,(H2,14,15). The number of anilines is 1. The third-order valence-electron chi connectivity index (χ3n) is 4.36. The van der Waals surface area contributed by atoms with Gasteiger partial charge in [0.15, 0.2) is 10.9 Å². The summed E-state index contributed by atoms with van der Waals surface area (Å²) in [6.45, 7) is 6.62. The molecule has 17 heavy (non-hydrogen) atoms. The SMILES string of the molecule is CCC(C)C1(CC)CC(=O)c2sc(N)nc2C1. The van der Waals surface area contributed by atoms with E-state index in [0.29, 0.717) is 17.5 Å². The maximum absolute atomic E-state index is 12.2. The molecule has 0 amide bonds. The molecular formula is C13H20N2OS. The van der Waals surface area contributed by atoms with Crippen molar-refractivity contribution in [2.45, 2.75) is 46.5 Å². The second-order valence-corrected chi connectivity index (χ2v) is 6.16. The van der Waals surface area contributed by atoms with E-state index in [1.54, 1.807) is 0 Å². The molecule has 0 spiro atoms. The molecule has 1 aromatic rings. The van der Waals surface area contributed by atoms with Gasteiger partial charge in [0.05, 0.1) is 10.6 Å². The smallest absolute Gasteiger partial charge is 0.180 e. The van der Waals surface area contributed by atoms with Gasteiger partial charge in [0.1, 0.15) is 0 Å². The fourth-order valence-corrected chi connectivity index (χ4v) is 3.67. The molecule has 1 aliphatic carbocycles. The highest BCUT2D eigenvalue weighted by Gasteiger charge is 2.42. The van der Waals surface area contributed by atoms with Crippen LogP contribution in [-0.4, -0.2) is 10.8 Å². The van der Waals surface area contributed by atoms with Crippen molar-refractivity contribution in [3.8, 4) is 0 Å². The van der Waals surface area contributed by atoms with Crippen LogP contribution < -0.4 is 5.73 Å². The van der Waals surface area contributed by atoms with Gasteiger partial charge in [0.25, 0.3) is 0 Å².